The Labute approximate surface area is 169 Å². The Morgan fingerprint density at radius 2 is 1.86 bits per heavy atom. The van der Waals surface area contributed by atoms with Gasteiger partial charge in [0.1, 0.15) is 5.76 Å². The molecule has 1 atom stereocenters. The van der Waals surface area contributed by atoms with Gasteiger partial charge in [-0.05, 0) is 56.4 Å². The van der Waals surface area contributed by atoms with Crippen molar-refractivity contribution in [2.45, 2.75) is 32.9 Å². The van der Waals surface area contributed by atoms with Gasteiger partial charge in [0.2, 0.25) is 0 Å². The van der Waals surface area contributed by atoms with Crippen LogP contribution in [0.25, 0.3) is 33.2 Å². The molecule has 0 saturated heterocycles. The van der Waals surface area contributed by atoms with E-state index in [1.807, 2.05) is 26.1 Å². The minimum atomic E-state index is 0.298. The molecule has 1 saturated carbocycles. The van der Waals surface area contributed by atoms with E-state index in [4.69, 9.17) is 9.51 Å². The number of nitrogens with zero attached hydrogens (tertiary/aromatic N) is 2. The number of nitrogens with one attached hydrogen (secondary N) is 2. The molecule has 0 spiro atoms. The zero-order chi connectivity index (χ0) is 19.5. The Kier molecular flexibility index (Phi) is 3.48. The molecule has 0 radical (unpaired) electrons. The van der Waals surface area contributed by atoms with Crippen LogP contribution >= 0.6 is 0 Å². The zero-order valence-corrected chi connectivity index (χ0v) is 16.5. The molecular weight excluding hydrogens is 360 g/mol. The number of hydrogen-bond donors (Lipinski definition) is 2. The van der Waals surface area contributed by atoms with E-state index in [2.05, 4.69) is 52.2 Å². The second-order valence-corrected chi connectivity index (χ2v) is 8.13. The lowest BCUT2D eigenvalue weighted by molar-refractivity contribution is 0.393. The molecule has 2 N–H and O–H groups in total. The monoisotopic (exact) mass is 382 g/mol. The molecule has 5 heteroatoms. The van der Waals surface area contributed by atoms with Crippen LogP contribution in [0.1, 0.15) is 24.3 Å². The second kappa shape index (κ2) is 6.08. The van der Waals surface area contributed by atoms with Crippen LogP contribution in [0.3, 0.4) is 0 Å². The van der Waals surface area contributed by atoms with Crippen molar-refractivity contribution < 1.29 is 4.52 Å². The van der Waals surface area contributed by atoms with Crippen molar-refractivity contribution in [3.8, 4) is 22.3 Å². The Morgan fingerprint density at radius 1 is 1.00 bits per heavy atom. The van der Waals surface area contributed by atoms with E-state index in [1.165, 1.54) is 12.8 Å². The van der Waals surface area contributed by atoms with Gasteiger partial charge in [-0.25, -0.2) is 0 Å². The molecule has 144 valence electrons. The molecule has 0 amide bonds. The molecule has 6 rings (SSSR count). The number of hydrogen-bond acceptors (Lipinski definition) is 5. The van der Waals surface area contributed by atoms with Crippen molar-refractivity contribution in [3.63, 3.8) is 0 Å². The fraction of sp³-hybridized carbons (Fsp3) is 0.250. The van der Waals surface area contributed by atoms with Crippen LogP contribution in [-0.4, -0.2) is 16.3 Å². The average molecular weight is 382 g/mol. The number of rotatable bonds is 3. The normalized spacial score (nSPS) is 17.8. The van der Waals surface area contributed by atoms with Crippen molar-refractivity contribution in [1.82, 2.24) is 10.1 Å². The third-order valence-corrected chi connectivity index (χ3v) is 6.09. The van der Waals surface area contributed by atoms with Gasteiger partial charge in [0.15, 0.2) is 0 Å². The number of aromatic nitrogens is 2. The highest BCUT2D eigenvalue weighted by Crippen LogP contribution is 2.47. The number of aryl methyl sites for hydroxylation is 2. The van der Waals surface area contributed by atoms with Crippen LogP contribution in [0.2, 0.25) is 0 Å². The lowest BCUT2D eigenvalue weighted by Crippen LogP contribution is -2.24. The fourth-order valence-corrected chi connectivity index (χ4v) is 4.51. The number of pyridine rings is 1. The van der Waals surface area contributed by atoms with Crippen molar-refractivity contribution in [2.75, 3.05) is 10.6 Å². The molecule has 1 aliphatic carbocycles. The summed E-state index contributed by atoms with van der Waals surface area (Å²) >= 11 is 0. The second-order valence-electron chi connectivity index (χ2n) is 8.13. The number of para-hydroxylation sites is 1. The van der Waals surface area contributed by atoms with E-state index < -0.39 is 0 Å². The molecule has 5 nitrogen and oxygen atoms in total. The van der Waals surface area contributed by atoms with E-state index in [9.17, 15) is 0 Å². The third-order valence-electron chi connectivity index (χ3n) is 6.09. The summed E-state index contributed by atoms with van der Waals surface area (Å²) in [5.41, 5.74) is 8.72. The largest absolute Gasteiger partial charge is 0.363 e. The molecule has 3 heterocycles. The Balaban J connectivity index is 1.61. The van der Waals surface area contributed by atoms with Crippen LogP contribution in [0.4, 0.5) is 11.4 Å². The van der Waals surface area contributed by atoms with E-state index in [0.29, 0.717) is 12.1 Å². The molecule has 1 aliphatic heterocycles. The van der Waals surface area contributed by atoms with Crippen LogP contribution in [0.5, 0.6) is 0 Å². The van der Waals surface area contributed by atoms with Crippen LogP contribution in [0, 0.1) is 19.8 Å². The lowest BCUT2D eigenvalue weighted by atomic mass is 9.94. The Morgan fingerprint density at radius 3 is 2.66 bits per heavy atom. The average Bonchev–Trinajstić information content (AvgIpc) is 3.42. The maximum atomic E-state index is 5.46. The first kappa shape index (κ1) is 16.6. The first-order valence-corrected chi connectivity index (χ1v) is 10.2. The van der Waals surface area contributed by atoms with Gasteiger partial charge in [0.05, 0.1) is 28.8 Å². The van der Waals surface area contributed by atoms with Crippen LogP contribution in [0.15, 0.2) is 53.2 Å². The molecular formula is C24H22N4O. The summed E-state index contributed by atoms with van der Waals surface area (Å²) in [6.45, 7) is 3.97. The highest BCUT2D eigenvalue weighted by Gasteiger charge is 2.36. The van der Waals surface area contributed by atoms with Gasteiger partial charge >= 0.3 is 0 Å². The molecule has 4 aromatic rings. The highest BCUT2D eigenvalue weighted by atomic mass is 16.5. The summed E-state index contributed by atoms with van der Waals surface area (Å²) in [7, 11) is 0. The predicted octanol–water partition coefficient (Wildman–Crippen LogP) is 5.75. The minimum Gasteiger partial charge on any atom is -0.363 e. The van der Waals surface area contributed by atoms with Gasteiger partial charge in [-0.1, -0.05) is 29.4 Å². The molecule has 2 aromatic heterocycles. The molecule has 2 aliphatic rings. The first-order chi connectivity index (χ1) is 14.2. The number of anilines is 2. The maximum Gasteiger partial charge on any atom is 0.141 e. The summed E-state index contributed by atoms with van der Waals surface area (Å²) in [5.74, 6) is 1.54. The summed E-state index contributed by atoms with van der Waals surface area (Å²) in [4.78, 5) is 4.70. The van der Waals surface area contributed by atoms with Crippen LogP contribution in [-0.2, 0) is 0 Å². The quantitative estimate of drug-likeness (QED) is 0.472. The van der Waals surface area contributed by atoms with Gasteiger partial charge in [0, 0.05) is 28.3 Å². The highest BCUT2D eigenvalue weighted by molar-refractivity contribution is 6.02. The zero-order valence-electron chi connectivity index (χ0n) is 16.5. The molecule has 1 unspecified atom stereocenters. The Hall–Kier alpha value is -3.34. The van der Waals surface area contributed by atoms with E-state index in [1.54, 1.807) is 0 Å². The third kappa shape index (κ3) is 2.61. The van der Waals surface area contributed by atoms with E-state index in [-0.39, 0.29) is 0 Å². The maximum absolute atomic E-state index is 5.46. The summed E-state index contributed by atoms with van der Waals surface area (Å²) in [6.07, 6.45) is 4.72. The number of benzene rings is 2. The molecule has 2 aromatic carbocycles. The van der Waals surface area contributed by atoms with E-state index >= 15 is 0 Å². The van der Waals surface area contributed by atoms with Crippen molar-refractivity contribution >= 4 is 22.3 Å². The number of fused-ring (bicyclic) bond motifs is 2. The minimum absolute atomic E-state index is 0.298. The standard InChI is InChI=1S/C24H22N4O/c1-13-21(14(2)29-28-13)17-11-19(18-7-3-5-15-6-4-10-25-22(15)18)23-20(12-17)26-24(27-23)16-8-9-16/h3-7,10-12,16,24,26-27H,8-9H2,1-2H3. The first-order valence-electron chi connectivity index (χ1n) is 10.2. The summed E-state index contributed by atoms with van der Waals surface area (Å²) < 4.78 is 5.46. The van der Waals surface area contributed by atoms with Gasteiger partial charge in [0.25, 0.3) is 0 Å². The van der Waals surface area contributed by atoms with Gasteiger partial charge < -0.3 is 15.2 Å². The van der Waals surface area contributed by atoms with Crippen molar-refractivity contribution in [2.24, 2.45) is 5.92 Å². The predicted molar refractivity (Wildman–Crippen MR) is 116 cm³/mol. The lowest BCUT2D eigenvalue weighted by Gasteiger charge is -2.14. The summed E-state index contributed by atoms with van der Waals surface area (Å²) in [6, 6.07) is 15.0. The van der Waals surface area contributed by atoms with Crippen LogP contribution < -0.4 is 10.6 Å². The smallest absolute Gasteiger partial charge is 0.141 e. The van der Waals surface area contributed by atoms with E-state index in [0.717, 1.165) is 56.0 Å². The molecule has 29 heavy (non-hydrogen) atoms. The summed E-state index contributed by atoms with van der Waals surface area (Å²) in [5, 5.41) is 12.8. The SMILES string of the molecule is Cc1noc(C)c1-c1cc2c(c(-c3cccc4cccnc34)c1)NC(C1CC1)N2. The molecule has 1 fully saturated rings. The topological polar surface area (TPSA) is 63.0 Å². The molecule has 0 bridgehead atoms. The van der Waals surface area contributed by atoms with Crippen molar-refractivity contribution in [1.29, 1.82) is 0 Å². The Bertz CT molecular complexity index is 1230. The van der Waals surface area contributed by atoms with Gasteiger partial charge in [-0.3, -0.25) is 4.98 Å². The van der Waals surface area contributed by atoms with Gasteiger partial charge in [-0.15, -0.1) is 0 Å². The fourth-order valence-electron chi connectivity index (χ4n) is 4.51. The van der Waals surface area contributed by atoms with Gasteiger partial charge in [-0.2, -0.15) is 0 Å². The van der Waals surface area contributed by atoms with Crippen molar-refractivity contribution in [3.05, 3.63) is 60.1 Å².